The fourth-order valence-electron chi connectivity index (χ4n) is 1.29. The summed E-state index contributed by atoms with van der Waals surface area (Å²) in [5, 5.41) is 7.63. The molecule has 0 aliphatic heterocycles. The summed E-state index contributed by atoms with van der Waals surface area (Å²) in [5.41, 5.74) is 1.04. The number of carbonyl (C=O) groups is 1. The monoisotopic (exact) mass is 235 g/mol. The predicted octanol–water partition coefficient (Wildman–Crippen LogP) is 2.51. The Morgan fingerprint density at radius 1 is 1.41 bits per heavy atom. The normalized spacial score (nSPS) is 9.71. The van der Waals surface area contributed by atoms with Crippen LogP contribution in [0, 0.1) is 11.2 Å². The Morgan fingerprint density at radius 3 is 2.65 bits per heavy atom. The van der Waals surface area contributed by atoms with Gasteiger partial charge in [0.25, 0.3) is 0 Å². The lowest BCUT2D eigenvalue weighted by Gasteiger charge is -2.04. The molecule has 1 rings (SSSR count). The molecule has 0 aliphatic rings. The van der Waals surface area contributed by atoms with Crippen molar-refractivity contribution in [3.63, 3.8) is 0 Å². The van der Waals surface area contributed by atoms with Gasteiger partial charge in [-0.15, -0.1) is 0 Å². The number of nitrogens with one attached hydrogen (secondary N) is 1. The highest BCUT2D eigenvalue weighted by Crippen LogP contribution is 2.05. The van der Waals surface area contributed by atoms with E-state index in [1.807, 2.05) is 0 Å². The Hall–Kier alpha value is -1.97. The van der Waals surface area contributed by atoms with E-state index in [4.69, 9.17) is 10.1 Å². The fourth-order valence-corrected chi connectivity index (χ4v) is 1.29. The minimum Gasteiger partial charge on any atom is -0.461 e. The third-order valence-electron chi connectivity index (χ3n) is 2.05. The van der Waals surface area contributed by atoms with Crippen molar-refractivity contribution in [2.75, 3.05) is 6.61 Å². The van der Waals surface area contributed by atoms with Crippen LogP contribution in [0.1, 0.15) is 12.0 Å². The summed E-state index contributed by atoms with van der Waals surface area (Å²) in [6.45, 7) is 3.58. The Balaban J connectivity index is 2.41. The standard InChI is InChI=1S/C13H14FNO2/c1-2-7-17-13(16)9-12(15)8-10-3-5-11(14)6-4-10/h2-6,15H,1,7-9H2. The zero-order valence-corrected chi connectivity index (χ0v) is 9.41. The summed E-state index contributed by atoms with van der Waals surface area (Å²) in [5.74, 6) is -0.761. The first-order valence-electron chi connectivity index (χ1n) is 5.19. The summed E-state index contributed by atoms with van der Waals surface area (Å²) in [7, 11) is 0. The van der Waals surface area contributed by atoms with Crippen molar-refractivity contribution in [1.82, 2.24) is 0 Å². The third-order valence-corrected chi connectivity index (χ3v) is 2.05. The van der Waals surface area contributed by atoms with Gasteiger partial charge in [0.05, 0.1) is 6.42 Å². The van der Waals surface area contributed by atoms with Gasteiger partial charge in [0.1, 0.15) is 12.4 Å². The van der Waals surface area contributed by atoms with E-state index in [9.17, 15) is 9.18 Å². The molecule has 4 heteroatoms. The van der Waals surface area contributed by atoms with Crippen LogP contribution in [0.3, 0.4) is 0 Å². The molecule has 0 fully saturated rings. The third kappa shape index (κ3) is 5.06. The van der Waals surface area contributed by atoms with E-state index in [2.05, 4.69) is 6.58 Å². The number of hydrogen-bond donors (Lipinski definition) is 1. The Labute approximate surface area is 99.4 Å². The maximum absolute atomic E-state index is 12.6. The number of rotatable bonds is 6. The molecule has 0 aliphatic carbocycles. The SMILES string of the molecule is C=CCOC(=O)CC(=N)Cc1ccc(F)cc1. The van der Waals surface area contributed by atoms with E-state index in [1.165, 1.54) is 18.2 Å². The van der Waals surface area contributed by atoms with E-state index in [-0.39, 0.29) is 24.6 Å². The van der Waals surface area contributed by atoms with E-state index in [0.717, 1.165) is 5.56 Å². The summed E-state index contributed by atoms with van der Waals surface area (Å²) < 4.78 is 17.4. The summed E-state index contributed by atoms with van der Waals surface area (Å²) in [4.78, 5) is 11.2. The van der Waals surface area contributed by atoms with Crippen LogP contribution in [0.4, 0.5) is 4.39 Å². The second kappa shape index (κ2) is 6.58. The molecule has 1 aromatic rings. The second-order valence-corrected chi connectivity index (χ2v) is 3.56. The van der Waals surface area contributed by atoms with Gasteiger partial charge in [-0.25, -0.2) is 4.39 Å². The van der Waals surface area contributed by atoms with Crippen molar-refractivity contribution in [2.45, 2.75) is 12.8 Å². The lowest BCUT2D eigenvalue weighted by Crippen LogP contribution is -2.12. The summed E-state index contributed by atoms with van der Waals surface area (Å²) >= 11 is 0. The van der Waals surface area contributed by atoms with Crippen molar-refractivity contribution in [3.8, 4) is 0 Å². The topological polar surface area (TPSA) is 50.2 Å². The molecule has 0 saturated carbocycles. The van der Waals surface area contributed by atoms with E-state index >= 15 is 0 Å². The maximum atomic E-state index is 12.6. The van der Waals surface area contributed by atoms with Crippen LogP contribution in [-0.4, -0.2) is 18.3 Å². The number of hydrogen-bond acceptors (Lipinski definition) is 3. The smallest absolute Gasteiger partial charge is 0.311 e. The van der Waals surface area contributed by atoms with Crippen molar-refractivity contribution in [2.24, 2.45) is 0 Å². The number of carbonyl (C=O) groups excluding carboxylic acids is 1. The molecule has 0 spiro atoms. The molecule has 0 heterocycles. The first-order chi connectivity index (χ1) is 8.11. The summed E-state index contributed by atoms with van der Waals surface area (Å²) in [6, 6.07) is 5.86. The first-order valence-corrected chi connectivity index (χ1v) is 5.19. The lowest BCUT2D eigenvalue weighted by molar-refractivity contribution is -0.140. The van der Waals surface area contributed by atoms with Gasteiger partial charge in [-0.1, -0.05) is 24.8 Å². The Morgan fingerprint density at radius 2 is 2.06 bits per heavy atom. The molecule has 0 bridgehead atoms. The van der Waals surface area contributed by atoms with Gasteiger partial charge >= 0.3 is 5.97 Å². The quantitative estimate of drug-likeness (QED) is 0.468. The molecule has 0 radical (unpaired) electrons. The van der Waals surface area contributed by atoms with Crippen molar-refractivity contribution in [1.29, 1.82) is 5.41 Å². The fraction of sp³-hybridized carbons (Fsp3) is 0.231. The van der Waals surface area contributed by atoms with Crippen LogP contribution in [0.5, 0.6) is 0 Å². The first kappa shape index (κ1) is 13.1. The van der Waals surface area contributed by atoms with E-state index in [1.54, 1.807) is 12.1 Å². The average molecular weight is 235 g/mol. The highest BCUT2D eigenvalue weighted by Gasteiger charge is 2.07. The van der Waals surface area contributed by atoms with Crippen LogP contribution in [-0.2, 0) is 16.0 Å². The highest BCUT2D eigenvalue weighted by atomic mass is 19.1. The van der Waals surface area contributed by atoms with Gasteiger partial charge in [0, 0.05) is 12.1 Å². The molecular weight excluding hydrogens is 221 g/mol. The molecule has 90 valence electrons. The molecule has 3 nitrogen and oxygen atoms in total. The second-order valence-electron chi connectivity index (χ2n) is 3.56. The molecular formula is C13H14FNO2. The molecule has 0 unspecified atom stereocenters. The van der Waals surface area contributed by atoms with Crippen LogP contribution in [0.2, 0.25) is 0 Å². The van der Waals surface area contributed by atoms with E-state index in [0.29, 0.717) is 6.42 Å². The largest absolute Gasteiger partial charge is 0.461 e. The predicted molar refractivity (Wildman–Crippen MR) is 63.6 cm³/mol. The van der Waals surface area contributed by atoms with Crippen LogP contribution in [0.15, 0.2) is 36.9 Å². The summed E-state index contributed by atoms with van der Waals surface area (Å²) in [6.07, 6.45) is 1.75. The van der Waals surface area contributed by atoms with Gasteiger partial charge in [-0.05, 0) is 17.7 Å². The lowest BCUT2D eigenvalue weighted by atomic mass is 10.1. The molecule has 0 atom stereocenters. The Kier molecular flexibility index (Phi) is 5.07. The number of benzene rings is 1. The van der Waals surface area contributed by atoms with Gasteiger partial charge < -0.3 is 10.1 Å². The zero-order chi connectivity index (χ0) is 12.7. The van der Waals surface area contributed by atoms with Crippen molar-refractivity contribution in [3.05, 3.63) is 48.3 Å². The Bertz CT molecular complexity index is 412. The highest BCUT2D eigenvalue weighted by molar-refractivity contribution is 5.98. The molecule has 1 aromatic carbocycles. The zero-order valence-electron chi connectivity index (χ0n) is 9.41. The molecule has 0 aromatic heterocycles. The van der Waals surface area contributed by atoms with Gasteiger partial charge in [0.2, 0.25) is 0 Å². The van der Waals surface area contributed by atoms with Crippen LogP contribution >= 0.6 is 0 Å². The average Bonchev–Trinajstić information content (AvgIpc) is 2.29. The van der Waals surface area contributed by atoms with Gasteiger partial charge in [0.15, 0.2) is 0 Å². The molecule has 1 N–H and O–H groups in total. The van der Waals surface area contributed by atoms with Gasteiger partial charge in [-0.3, -0.25) is 4.79 Å². The molecule has 17 heavy (non-hydrogen) atoms. The van der Waals surface area contributed by atoms with Gasteiger partial charge in [-0.2, -0.15) is 0 Å². The van der Waals surface area contributed by atoms with Crippen molar-refractivity contribution < 1.29 is 13.9 Å². The molecule has 0 saturated heterocycles. The van der Waals surface area contributed by atoms with Crippen LogP contribution < -0.4 is 0 Å². The number of ether oxygens (including phenoxy) is 1. The van der Waals surface area contributed by atoms with Crippen LogP contribution in [0.25, 0.3) is 0 Å². The number of esters is 1. The molecule has 0 amide bonds. The minimum atomic E-state index is -0.447. The minimum absolute atomic E-state index is 0.0504. The number of halogens is 1. The van der Waals surface area contributed by atoms with Crippen molar-refractivity contribution >= 4 is 11.7 Å². The maximum Gasteiger partial charge on any atom is 0.311 e. The van der Waals surface area contributed by atoms with E-state index < -0.39 is 5.97 Å².